The van der Waals surface area contributed by atoms with Crippen LogP contribution in [0.2, 0.25) is 0 Å². The molecule has 1 saturated heterocycles. The molecule has 5 rings (SSSR count). The summed E-state index contributed by atoms with van der Waals surface area (Å²) < 4.78 is 8.00. The third kappa shape index (κ3) is 2.92. The fourth-order valence-electron chi connectivity index (χ4n) is 4.20. The molecule has 1 fully saturated rings. The molecule has 2 aromatic heterocycles. The number of fused-ring (bicyclic) bond motifs is 3. The van der Waals surface area contributed by atoms with E-state index in [1.54, 1.807) is 4.57 Å². The van der Waals surface area contributed by atoms with E-state index in [1.165, 1.54) is 12.8 Å². The average Bonchev–Trinajstić information content (AvgIpc) is 3.35. The summed E-state index contributed by atoms with van der Waals surface area (Å²) >= 11 is 0. The minimum Gasteiger partial charge on any atom is -0.452 e. The first-order chi connectivity index (χ1) is 13.3. The molecular weight excluding hydrogens is 338 g/mol. The third-order valence-electron chi connectivity index (χ3n) is 5.60. The molecule has 138 valence electrons. The SMILES string of the molecule is O=c1nc(C2=CCCC=C2)c2oc3ccccc3c2n1CCN1CCCC1. The van der Waals surface area contributed by atoms with Crippen molar-refractivity contribution in [1.82, 2.24) is 14.5 Å². The van der Waals surface area contributed by atoms with E-state index in [9.17, 15) is 4.79 Å². The molecule has 0 N–H and O–H groups in total. The van der Waals surface area contributed by atoms with Gasteiger partial charge in [-0.3, -0.25) is 4.57 Å². The van der Waals surface area contributed by atoms with Crippen LogP contribution in [-0.2, 0) is 6.54 Å². The van der Waals surface area contributed by atoms with Gasteiger partial charge in [0.1, 0.15) is 16.8 Å². The van der Waals surface area contributed by atoms with E-state index >= 15 is 0 Å². The summed E-state index contributed by atoms with van der Waals surface area (Å²) in [4.78, 5) is 19.8. The number of hydrogen-bond donors (Lipinski definition) is 0. The molecule has 1 aliphatic carbocycles. The van der Waals surface area contributed by atoms with E-state index in [4.69, 9.17) is 4.42 Å². The first-order valence-corrected chi connectivity index (χ1v) is 9.83. The number of nitrogens with zero attached hydrogens (tertiary/aromatic N) is 3. The van der Waals surface area contributed by atoms with Crippen molar-refractivity contribution < 1.29 is 4.42 Å². The molecule has 5 heteroatoms. The van der Waals surface area contributed by atoms with Crippen molar-refractivity contribution in [2.75, 3.05) is 19.6 Å². The minimum absolute atomic E-state index is 0.192. The highest BCUT2D eigenvalue weighted by molar-refractivity contribution is 6.06. The van der Waals surface area contributed by atoms with E-state index in [-0.39, 0.29) is 5.69 Å². The van der Waals surface area contributed by atoms with Crippen LogP contribution in [0.3, 0.4) is 0 Å². The van der Waals surface area contributed by atoms with Crippen LogP contribution in [0, 0.1) is 0 Å². The van der Waals surface area contributed by atoms with Gasteiger partial charge in [-0.05, 0) is 56.5 Å². The lowest BCUT2D eigenvalue weighted by Crippen LogP contribution is -2.31. The van der Waals surface area contributed by atoms with Gasteiger partial charge in [-0.2, -0.15) is 4.98 Å². The Balaban J connectivity index is 1.70. The number of hydrogen-bond acceptors (Lipinski definition) is 4. The van der Waals surface area contributed by atoms with Crippen LogP contribution in [-0.4, -0.2) is 34.1 Å². The van der Waals surface area contributed by atoms with Crippen LogP contribution in [0.15, 0.2) is 51.7 Å². The summed E-state index contributed by atoms with van der Waals surface area (Å²) in [6.45, 7) is 3.75. The van der Waals surface area contributed by atoms with Crippen LogP contribution in [0.25, 0.3) is 27.6 Å². The highest BCUT2D eigenvalue weighted by Crippen LogP contribution is 2.33. The largest absolute Gasteiger partial charge is 0.452 e. The molecule has 1 aromatic carbocycles. The summed E-state index contributed by atoms with van der Waals surface area (Å²) in [5.74, 6) is 0. The lowest BCUT2D eigenvalue weighted by molar-refractivity contribution is 0.322. The average molecular weight is 361 g/mol. The second kappa shape index (κ2) is 6.82. The maximum absolute atomic E-state index is 13.0. The van der Waals surface area contributed by atoms with E-state index in [0.717, 1.165) is 60.1 Å². The number of aromatic nitrogens is 2. The second-order valence-corrected chi connectivity index (χ2v) is 7.36. The predicted molar refractivity (Wildman–Crippen MR) is 108 cm³/mol. The van der Waals surface area contributed by atoms with Gasteiger partial charge < -0.3 is 9.32 Å². The Morgan fingerprint density at radius 3 is 2.74 bits per heavy atom. The molecule has 0 amide bonds. The van der Waals surface area contributed by atoms with Gasteiger partial charge in [0.05, 0.1) is 0 Å². The molecule has 1 aliphatic heterocycles. The van der Waals surface area contributed by atoms with E-state index in [2.05, 4.69) is 22.0 Å². The molecular formula is C22H23N3O2. The lowest BCUT2D eigenvalue weighted by atomic mass is 10.0. The summed E-state index contributed by atoms with van der Waals surface area (Å²) in [7, 11) is 0. The Labute approximate surface area is 157 Å². The van der Waals surface area contributed by atoms with Gasteiger partial charge in [0.15, 0.2) is 5.58 Å². The van der Waals surface area contributed by atoms with Crippen LogP contribution in [0.5, 0.6) is 0 Å². The van der Waals surface area contributed by atoms with Crippen LogP contribution in [0.4, 0.5) is 0 Å². The van der Waals surface area contributed by atoms with E-state index in [0.29, 0.717) is 12.2 Å². The zero-order chi connectivity index (χ0) is 18.2. The van der Waals surface area contributed by atoms with Crippen LogP contribution < -0.4 is 5.69 Å². The van der Waals surface area contributed by atoms with Gasteiger partial charge >= 0.3 is 5.69 Å². The highest BCUT2D eigenvalue weighted by Gasteiger charge is 2.21. The monoisotopic (exact) mass is 361 g/mol. The van der Waals surface area contributed by atoms with Crippen molar-refractivity contribution in [2.45, 2.75) is 32.2 Å². The van der Waals surface area contributed by atoms with Gasteiger partial charge in [0, 0.05) is 18.5 Å². The van der Waals surface area contributed by atoms with Crippen molar-refractivity contribution in [2.24, 2.45) is 0 Å². The predicted octanol–water partition coefficient (Wildman–Crippen LogP) is 3.97. The summed E-state index contributed by atoms with van der Waals surface area (Å²) in [6, 6.07) is 7.94. The standard InChI is InChI=1S/C22H23N3O2/c26-22-23-19(16-8-2-1-3-9-16)21-20(17-10-4-5-11-18(17)27-21)25(22)15-14-24-12-6-7-13-24/h2,4-5,8-11H,1,3,6-7,12-15H2. The molecule has 0 bridgehead atoms. The molecule has 3 heterocycles. The number of furan rings is 1. The molecule has 3 aromatic rings. The molecule has 0 radical (unpaired) electrons. The van der Waals surface area contributed by atoms with E-state index in [1.807, 2.05) is 30.3 Å². The number of allylic oxidation sites excluding steroid dienone is 4. The molecule has 2 aliphatic rings. The number of benzene rings is 1. The molecule has 0 unspecified atom stereocenters. The molecule has 0 spiro atoms. The zero-order valence-electron chi connectivity index (χ0n) is 15.4. The number of likely N-dealkylation sites (tertiary alicyclic amines) is 1. The Bertz CT molecular complexity index is 1110. The summed E-state index contributed by atoms with van der Waals surface area (Å²) in [5.41, 5.74) is 3.85. The van der Waals surface area contributed by atoms with Crippen molar-refractivity contribution >= 4 is 27.6 Å². The van der Waals surface area contributed by atoms with Gasteiger partial charge in [0.25, 0.3) is 0 Å². The Morgan fingerprint density at radius 1 is 1.07 bits per heavy atom. The quantitative estimate of drug-likeness (QED) is 0.705. The number of para-hydroxylation sites is 1. The van der Waals surface area contributed by atoms with Crippen molar-refractivity contribution in [1.29, 1.82) is 0 Å². The van der Waals surface area contributed by atoms with Gasteiger partial charge in [-0.1, -0.05) is 30.4 Å². The Morgan fingerprint density at radius 2 is 1.93 bits per heavy atom. The molecule has 5 nitrogen and oxygen atoms in total. The first-order valence-electron chi connectivity index (χ1n) is 9.83. The topological polar surface area (TPSA) is 51.3 Å². The third-order valence-corrected chi connectivity index (χ3v) is 5.60. The van der Waals surface area contributed by atoms with Crippen molar-refractivity contribution in [3.63, 3.8) is 0 Å². The van der Waals surface area contributed by atoms with Gasteiger partial charge in [-0.25, -0.2) is 4.79 Å². The maximum atomic E-state index is 13.0. The van der Waals surface area contributed by atoms with Gasteiger partial charge in [0.2, 0.25) is 0 Å². The molecule has 0 saturated carbocycles. The molecule has 0 atom stereocenters. The normalized spacial score (nSPS) is 17.9. The smallest absolute Gasteiger partial charge is 0.348 e. The maximum Gasteiger partial charge on any atom is 0.348 e. The van der Waals surface area contributed by atoms with Gasteiger partial charge in [-0.15, -0.1) is 0 Å². The summed E-state index contributed by atoms with van der Waals surface area (Å²) in [6.07, 6.45) is 10.8. The van der Waals surface area contributed by atoms with Crippen molar-refractivity contribution in [3.05, 3.63) is 58.7 Å². The number of rotatable bonds is 4. The Kier molecular flexibility index (Phi) is 4.17. The molecule has 27 heavy (non-hydrogen) atoms. The Hall–Kier alpha value is -2.66. The van der Waals surface area contributed by atoms with E-state index < -0.39 is 0 Å². The van der Waals surface area contributed by atoms with Crippen molar-refractivity contribution in [3.8, 4) is 0 Å². The second-order valence-electron chi connectivity index (χ2n) is 7.36. The first kappa shape index (κ1) is 16.5. The highest BCUT2D eigenvalue weighted by atomic mass is 16.3. The minimum atomic E-state index is -0.192. The fraction of sp³-hybridized carbons (Fsp3) is 0.364. The summed E-state index contributed by atoms with van der Waals surface area (Å²) in [5, 5.41) is 0.982. The van der Waals surface area contributed by atoms with Crippen LogP contribution in [0.1, 0.15) is 31.4 Å². The van der Waals surface area contributed by atoms with Crippen LogP contribution >= 0.6 is 0 Å². The lowest BCUT2D eigenvalue weighted by Gasteiger charge is -2.16. The zero-order valence-corrected chi connectivity index (χ0v) is 15.4. The fourth-order valence-corrected chi connectivity index (χ4v) is 4.20.